The van der Waals surface area contributed by atoms with Crippen molar-refractivity contribution in [2.75, 3.05) is 23.3 Å². The van der Waals surface area contributed by atoms with Gasteiger partial charge in [-0.25, -0.2) is 14.6 Å². The molecule has 1 fully saturated rings. The average molecular weight is 376 g/mol. The van der Waals surface area contributed by atoms with Crippen LogP contribution in [-0.2, 0) is 0 Å². The summed E-state index contributed by atoms with van der Waals surface area (Å²) in [5.41, 5.74) is 4.45. The predicted molar refractivity (Wildman–Crippen MR) is 109 cm³/mol. The van der Waals surface area contributed by atoms with Crippen LogP contribution >= 0.6 is 0 Å². The van der Waals surface area contributed by atoms with E-state index >= 15 is 0 Å². The van der Waals surface area contributed by atoms with Gasteiger partial charge in [-0.05, 0) is 45.7 Å². The molecule has 4 rings (SSSR count). The third kappa shape index (κ3) is 3.35. The van der Waals surface area contributed by atoms with Crippen molar-refractivity contribution in [3.8, 4) is 5.69 Å². The second-order valence-corrected chi connectivity index (χ2v) is 7.11. The molecule has 1 aliphatic heterocycles. The summed E-state index contributed by atoms with van der Waals surface area (Å²) in [5.74, 6) is 0.544. The van der Waals surface area contributed by atoms with Gasteiger partial charge < -0.3 is 10.2 Å². The highest BCUT2D eigenvalue weighted by Crippen LogP contribution is 2.24. The van der Waals surface area contributed by atoms with Gasteiger partial charge >= 0.3 is 0 Å². The molecule has 0 bridgehead atoms. The number of carbonyl (C=O) groups excluding carboxylic acids is 1. The first kappa shape index (κ1) is 18.2. The molecule has 0 spiro atoms. The number of carbonyl (C=O) groups is 1. The Hall–Kier alpha value is -3.22. The lowest BCUT2D eigenvalue weighted by Crippen LogP contribution is -2.22. The minimum atomic E-state index is -0.205. The number of nitrogens with zero attached hydrogens (tertiary/aromatic N) is 5. The summed E-state index contributed by atoms with van der Waals surface area (Å²) in [6, 6.07) is 9.76. The number of para-hydroxylation sites is 1. The van der Waals surface area contributed by atoms with E-state index in [4.69, 9.17) is 0 Å². The van der Waals surface area contributed by atoms with Gasteiger partial charge in [-0.3, -0.25) is 4.79 Å². The van der Waals surface area contributed by atoms with Crippen molar-refractivity contribution in [3.05, 3.63) is 59.2 Å². The van der Waals surface area contributed by atoms with Crippen molar-refractivity contribution in [1.82, 2.24) is 19.7 Å². The Balaban J connectivity index is 1.58. The summed E-state index contributed by atoms with van der Waals surface area (Å²) in [5, 5.41) is 7.36. The predicted octanol–water partition coefficient (Wildman–Crippen LogP) is 3.44. The van der Waals surface area contributed by atoms with Crippen LogP contribution in [0.3, 0.4) is 0 Å². The molecule has 1 saturated heterocycles. The quantitative estimate of drug-likeness (QED) is 0.755. The molecule has 1 aromatic carbocycles. The van der Waals surface area contributed by atoms with Crippen LogP contribution in [0.2, 0.25) is 0 Å². The van der Waals surface area contributed by atoms with E-state index in [0.29, 0.717) is 11.3 Å². The highest BCUT2D eigenvalue weighted by atomic mass is 16.1. The summed E-state index contributed by atoms with van der Waals surface area (Å²) >= 11 is 0. The molecule has 0 unspecified atom stereocenters. The Labute approximate surface area is 164 Å². The maximum absolute atomic E-state index is 12.9. The molecule has 0 saturated carbocycles. The van der Waals surface area contributed by atoms with E-state index in [1.54, 1.807) is 10.9 Å². The lowest BCUT2D eigenvalue weighted by molar-refractivity contribution is 0.102. The van der Waals surface area contributed by atoms with Gasteiger partial charge in [-0.2, -0.15) is 5.10 Å². The lowest BCUT2D eigenvalue weighted by Gasteiger charge is -2.18. The smallest absolute Gasteiger partial charge is 0.259 e. The second kappa shape index (κ2) is 7.42. The van der Waals surface area contributed by atoms with E-state index in [-0.39, 0.29) is 5.91 Å². The maximum atomic E-state index is 12.9. The van der Waals surface area contributed by atoms with E-state index in [0.717, 1.165) is 41.8 Å². The van der Waals surface area contributed by atoms with E-state index < -0.39 is 0 Å². The molecule has 1 amide bonds. The van der Waals surface area contributed by atoms with Gasteiger partial charge in [-0.1, -0.05) is 18.2 Å². The van der Waals surface area contributed by atoms with Gasteiger partial charge in [0.15, 0.2) is 0 Å². The topological polar surface area (TPSA) is 75.9 Å². The second-order valence-electron chi connectivity index (χ2n) is 7.11. The Kier molecular flexibility index (Phi) is 4.81. The third-order valence-electron chi connectivity index (χ3n) is 5.14. The molecule has 0 aliphatic carbocycles. The normalized spacial score (nSPS) is 13.8. The fraction of sp³-hybridized carbons (Fsp3) is 0.333. The van der Waals surface area contributed by atoms with Crippen LogP contribution in [0.5, 0.6) is 0 Å². The van der Waals surface area contributed by atoms with Crippen LogP contribution < -0.4 is 10.2 Å². The standard InChI is InChI=1S/C21H24N6O/c1-14-19(15(2)24-21(23-14)26-11-7-8-12-26)25-20(28)18-13-22-27(16(18)3)17-9-5-4-6-10-17/h4-6,9-10,13H,7-8,11-12H2,1-3H3,(H,25,28). The van der Waals surface area contributed by atoms with Crippen LogP contribution in [0.1, 0.15) is 40.3 Å². The van der Waals surface area contributed by atoms with Crippen molar-refractivity contribution >= 4 is 17.5 Å². The first-order valence-electron chi connectivity index (χ1n) is 9.56. The summed E-state index contributed by atoms with van der Waals surface area (Å²) in [7, 11) is 0. The van der Waals surface area contributed by atoms with Crippen molar-refractivity contribution in [1.29, 1.82) is 0 Å². The van der Waals surface area contributed by atoms with Crippen molar-refractivity contribution in [3.63, 3.8) is 0 Å². The van der Waals surface area contributed by atoms with Crippen molar-refractivity contribution < 1.29 is 4.79 Å². The fourth-order valence-electron chi connectivity index (χ4n) is 3.58. The minimum absolute atomic E-state index is 0.205. The number of rotatable bonds is 4. The van der Waals surface area contributed by atoms with Crippen LogP contribution in [0.25, 0.3) is 5.69 Å². The molecule has 144 valence electrons. The number of aryl methyl sites for hydroxylation is 2. The maximum Gasteiger partial charge on any atom is 0.259 e. The average Bonchev–Trinajstić information content (AvgIpc) is 3.35. The third-order valence-corrected chi connectivity index (χ3v) is 5.14. The number of amides is 1. The Morgan fingerprint density at radius 1 is 1.00 bits per heavy atom. The summed E-state index contributed by atoms with van der Waals surface area (Å²) in [6.07, 6.45) is 3.94. The van der Waals surface area contributed by atoms with Gasteiger partial charge in [0.05, 0.1) is 40.2 Å². The zero-order chi connectivity index (χ0) is 19.7. The summed E-state index contributed by atoms with van der Waals surface area (Å²) in [6.45, 7) is 7.68. The molecule has 0 radical (unpaired) electrons. The highest BCUT2D eigenvalue weighted by molar-refractivity contribution is 6.05. The number of hydrogen-bond acceptors (Lipinski definition) is 5. The molecule has 2 aromatic heterocycles. The molecule has 0 atom stereocenters. The van der Waals surface area contributed by atoms with Crippen LogP contribution in [-0.4, -0.2) is 38.7 Å². The summed E-state index contributed by atoms with van der Waals surface area (Å²) in [4.78, 5) is 24.3. The van der Waals surface area contributed by atoms with Crippen molar-refractivity contribution in [2.24, 2.45) is 0 Å². The highest BCUT2D eigenvalue weighted by Gasteiger charge is 2.20. The SMILES string of the molecule is Cc1nc(N2CCCC2)nc(C)c1NC(=O)c1cnn(-c2ccccc2)c1C. The fourth-order valence-corrected chi connectivity index (χ4v) is 3.58. The van der Waals surface area contributed by atoms with E-state index in [9.17, 15) is 4.79 Å². The zero-order valence-electron chi connectivity index (χ0n) is 16.4. The van der Waals surface area contributed by atoms with Crippen LogP contribution in [0.4, 0.5) is 11.6 Å². The molecule has 1 aliphatic rings. The van der Waals surface area contributed by atoms with Gasteiger partial charge in [-0.15, -0.1) is 0 Å². The molecule has 28 heavy (non-hydrogen) atoms. The molecule has 3 aromatic rings. The summed E-state index contributed by atoms with van der Waals surface area (Å²) < 4.78 is 1.77. The molecule has 7 nitrogen and oxygen atoms in total. The number of anilines is 2. The molecule has 1 N–H and O–H groups in total. The monoisotopic (exact) mass is 376 g/mol. The Morgan fingerprint density at radius 2 is 1.64 bits per heavy atom. The van der Waals surface area contributed by atoms with Crippen LogP contribution in [0.15, 0.2) is 36.5 Å². The number of nitrogens with one attached hydrogen (secondary N) is 1. The lowest BCUT2D eigenvalue weighted by atomic mass is 10.2. The Bertz CT molecular complexity index is 982. The first-order chi connectivity index (χ1) is 13.5. The number of benzene rings is 1. The van der Waals surface area contributed by atoms with Gasteiger partial charge in [0.2, 0.25) is 5.95 Å². The molecule has 3 heterocycles. The van der Waals surface area contributed by atoms with Crippen LogP contribution in [0, 0.1) is 20.8 Å². The van der Waals surface area contributed by atoms with E-state index in [1.807, 2.05) is 51.1 Å². The van der Waals surface area contributed by atoms with E-state index in [1.165, 1.54) is 12.8 Å². The van der Waals surface area contributed by atoms with Gasteiger partial charge in [0.1, 0.15) is 0 Å². The van der Waals surface area contributed by atoms with E-state index in [2.05, 4.69) is 25.3 Å². The van der Waals surface area contributed by atoms with Crippen molar-refractivity contribution in [2.45, 2.75) is 33.6 Å². The molecular weight excluding hydrogens is 352 g/mol. The van der Waals surface area contributed by atoms with Gasteiger partial charge in [0, 0.05) is 13.1 Å². The van der Waals surface area contributed by atoms with Gasteiger partial charge in [0.25, 0.3) is 5.91 Å². The minimum Gasteiger partial charge on any atom is -0.341 e. The number of hydrogen-bond donors (Lipinski definition) is 1. The Morgan fingerprint density at radius 3 is 2.29 bits per heavy atom. The molecule has 7 heteroatoms. The number of aromatic nitrogens is 4. The first-order valence-corrected chi connectivity index (χ1v) is 9.56. The largest absolute Gasteiger partial charge is 0.341 e. The zero-order valence-corrected chi connectivity index (χ0v) is 16.4. The molecular formula is C21H24N6O.